The van der Waals surface area contributed by atoms with Crippen LogP contribution in [-0.4, -0.2) is 27.5 Å². The van der Waals surface area contributed by atoms with Crippen molar-refractivity contribution in [2.45, 2.75) is 18.6 Å². The molecule has 0 spiro atoms. The third kappa shape index (κ3) is 1.88. The van der Waals surface area contributed by atoms with E-state index in [-0.39, 0.29) is 17.6 Å². The van der Waals surface area contributed by atoms with Gasteiger partial charge < -0.3 is 5.11 Å². The number of carboxylic acids is 1. The van der Waals surface area contributed by atoms with Crippen LogP contribution in [0.1, 0.15) is 6.42 Å². The molecule has 1 aliphatic heterocycles. The number of carbonyl (C=O) groups is 1. The first-order valence-corrected chi connectivity index (χ1v) is 5.44. The fourth-order valence-corrected chi connectivity index (χ4v) is 2.59. The molecule has 0 aromatic carbocycles. The lowest BCUT2D eigenvalue weighted by Gasteiger charge is -2.25. The van der Waals surface area contributed by atoms with Crippen molar-refractivity contribution in [1.29, 1.82) is 0 Å². The second-order valence-corrected chi connectivity index (χ2v) is 4.22. The summed E-state index contributed by atoms with van der Waals surface area (Å²) in [5, 5.41) is 8.86. The molecule has 1 N–H and O–H groups in total. The maximum absolute atomic E-state index is 11.0. The molecule has 1 unspecified atom stereocenters. The Morgan fingerprint density at radius 2 is 2.40 bits per heavy atom. The Morgan fingerprint density at radius 1 is 1.67 bits per heavy atom. The van der Waals surface area contributed by atoms with E-state index in [4.69, 9.17) is 13.5 Å². The third-order valence-corrected chi connectivity index (χ3v) is 3.28. The SMILES string of the molecule is C=C[C@@H]1CC(C(=O)O)=C[C@H]2OS(=O)O[C@@H]12. The molecule has 82 valence electrons. The fourth-order valence-electron chi connectivity index (χ4n) is 1.76. The average Bonchev–Trinajstić information content (AvgIpc) is 2.56. The summed E-state index contributed by atoms with van der Waals surface area (Å²) in [6, 6.07) is 0. The maximum Gasteiger partial charge on any atom is 0.331 e. The first-order valence-electron chi connectivity index (χ1n) is 4.44. The van der Waals surface area contributed by atoms with Crippen molar-refractivity contribution in [2.75, 3.05) is 0 Å². The van der Waals surface area contributed by atoms with E-state index in [9.17, 15) is 9.00 Å². The zero-order valence-electron chi connectivity index (χ0n) is 7.79. The minimum atomic E-state index is -1.78. The van der Waals surface area contributed by atoms with Crippen molar-refractivity contribution in [2.24, 2.45) is 5.92 Å². The van der Waals surface area contributed by atoms with Gasteiger partial charge in [0.15, 0.2) is 0 Å². The lowest BCUT2D eigenvalue weighted by Crippen LogP contribution is -2.34. The summed E-state index contributed by atoms with van der Waals surface area (Å²) in [5.74, 6) is -1.15. The molecular formula is C9H10O5S. The van der Waals surface area contributed by atoms with Crippen LogP contribution >= 0.6 is 0 Å². The fraction of sp³-hybridized carbons (Fsp3) is 0.444. The molecule has 1 heterocycles. The third-order valence-electron chi connectivity index (χ3n) is 2.52. The first-order chi connectivity index (χ1) is 7.11. The van der Waals surface area contributed by atoms with Crippen molar-refractivity contribution < 1.29 is 22.5 Å². The van der Waals surface area contributed by atoms with E-state index in [0.717, 1.165) is 0 Å². The highest BCUT2D eigenvalue weighted by Gasteiger charge is 2.42. The van der Waals surface area contributed by atoms with Gasteiger partial charge in [0.25, 0.3) is 0 Å². The van der Waals surface area contributed by atoms with Gasteiger partial charge >= 0.3 is 17.3 Å². The highest BCUT2D eigenvalue weighted by Crippen LogP contribution is 2.34. The van der Waals surface area contributed by atoms with Crippen LogP contribution in [0, 0.1) is 5.92 Å². The molecule has 15 heavy (non-hydrogen) atoms. The molecule has 0 radical (unpaired) electrons. The van der Waals surface area contributed by atoms with Gasteiger partial charge in [-0.1, -0.05) is 6.08 Å². The Bertz CT molecular complexity index is 362. The van der Waals surface area contributed by atoms with E-state index in [2.05, 4.69) is 6.58 Å². The number of hydrogen-bond donors (Lipinski definition) is 1. The first kappa shape index (κ1) is 10.5. The summed E-state index contributed by atoms with van der Waals surface area (Å²) in [4.78, 5) is 10.8. The van der Waals surface area contributed by atoms with Crippen LogP contribution in [0.25, 0.3) is 0 Å². The molecule has 2 rings (SSSR count). The van der Waals surface area contributed by atoms with Gasteiger partial charge in [-0.05, 0) is 12.5 Å². The largest absolute Gasteiger partial charge is 0.478 e. The number of carboxylic acid groups (broad SMARTS) is 1. The van der Waals surface area contributed by atoms with E-state index in [1.165, 1.54) is 6.08 Å². The van der Waals surface area contributed by atoms with Crippen LogP contribution in [0.3, 0.4) is 0 Å². The lowest BCUT2D eigenvalue weighted by molar-refractivity contribution is -0.133. The van der Waals surface area contributed by atoms with Crippen LogP contribution < -0.4 is 0 Å². The van der Waals surface area contributed by atoms with Crippen LogP contribution in [0.2, 0.25) is 0 Å². The number of fused-ring (bicyclic) bond motifs is 1. The number of hydrogen-bond acceptors (Lipinski definition) is 4. The monoisotopic (exact) mass is 230 g/mol. The summed E-state index contributed by atoms with van der Waals surface area (Å²) < 4.78 is 21.0. The van der Waals surface area contributed by atoms with Gasteiger partial charge in [0, 0.05) is 11.5 Å². The molecule has 0 saturated carbocycles. The van der Waals surface area contributed by atoms with Crippen LogP contribution in [0.5, 0.6) is 0 Å². The molecule has 0 aromatic rings. The quantitative estimate of drug-likeness (QED) is 0.702. The standard InChI is InChI=1S/C9H10O5S/c1-2-5-3-6(9(10)11)4-7-8(5)14-15(12)13-7/h2,4-5,7-8H,1,3H2,(H,10,11)/t5-,7-,8+,15?/m1/s1. The molecule has 0 bridgehead atoms. The molecule has 0 amide bonds. The molecular weight excluding hydrogens is 220 g/mol. The van der Waals surface area contributed by atoms with Crippen molar-refractivity contribution >= 4 is 17.3 Å². The number of aliphatic carboxylic acids is 1. The topological polar surface area (TPSA) is 72.8 Å². The summed E-state index contributed by atoms with van der Waals surface area (Å²) in [6.07, 6.45) is 2.47. The average molecular weight is 230 g/mol. The lowest BCUT2D eigenvalue weighted by atomic mass is 9.85. The summed E-state index contributed by atoms with van der Waals surface area (Å²) in [5.41, 5.74) is 0.253. The van der Waals surface area contributed by atoms with E-state index < -0.39 is 23.4 Å². The molecule has 0 aromatic heterocycles. The van der Waals surface area contributed by atoms with Gasteiger partial charge in [-0.3, -0.25) is 8.37 Å². The van der Waals surface area contributed by atoms with Crippen molar-refractivity contribution in [1.82, 2.24) is 0 Å². The molecule has 1 saturated heterocycles. The zero-order valence-corrected chi connectivity index (χ0v) is 8.61. The minimum Gasteiger partial charge on any atom is -0.478 e. The van der Waals surface area contributed by atoms with Crippen molar-refractivity contribution in [3.63, 3.8) is 0 Å². The van der Waals surface area contributed by atoms with Gasteiger partial charge in [0.2, 0.25) is 0 Å². The highest BCUT2D eigenvalue weighted by atomic mass is 32.2. The minimum absolute atomic E-state index is 0.169. The van der Waals surface area contributed by atoms with Crippen molar-refractivity contribution in [3.05, 3.63) is 24.3 Å². The van der Waals surface area contributed by atoms with Crippen LogP contribution in [0.4, 0.5) is 0 Å². The zero-order chi connectivity index (χ0) is 11.0. The predicted molar refractivity (Wildman–Crippen MR) is 51.9 cm³/mol. The second-order valence-electron chi connectivity index (χ2n) is 3.43. The highest BCUT2D eigenvalue weighted by molar-refractivity contribution is 7.75. The normalized spacial score (nSPS) is 39.3. The smallest absolute Gasteiger partial charge is 0.331 e. The van der Waals surface area contributed by atoms with Gasteiger partial charge in [-0.15, -0.1) is 6.58 Å². The molecule has 6 heteroatoms. The van der Waals surface area contributed by atoms with Gasteiger partial charge in [0.05, 0.1) is 0 Å². The molecule has 1 aliphatic carbocycles. The molecule has 5 nitrogen and oxygen atoms in total. The predicted octanol–water partition coefficient (Wildman–Crippen LogP) is 0.566. The van der Waals surface area contributed by atoms with E-state index in [0.29, 0.717) is 6.42 Å². The van der Waals surface area contributed by atoms with Crippen molar-refractivity contribution in [3.8, 4) is 0 Å². The maximum atomic E-state index is 11.0. The van der Waals surface area contributed by atoms with Gasteiger partial charge in [-0.2, -0.15) is 4.21 Å². The Kier molecular flexibility index (Phi) is 2.72. The van der Waals surface area contributed by atoms with E-state index in [1.54, 1.807) is 6.08 Å². The Morgan fingerprint density at radius 3 is 3.00 bits per heavy atom. The van der Waals surface area contributed by atoms with Crippen LogP contribution in [0.15, 0.2) is 24.3 Å². The van der Waals surface area contributed by atoms with E-state index >= 15 is 0 Å². The van der Waals surface area contributed by atoms with E-state index in [1.807, 2.05) is 0 Å². The second kappa shape index (κ2) is 3.88. The Labute approximate surface area is 89.2 Å². The molecule has 1 fully saturated rings. The van der Waals surface area contributed by atoms with Crippen LogP contribution in [-0.2, 0) is 24.5 Å². The summed E-state index contributed by atoms with van der Waals surface area (Å²) in [7, 11) is 0. The molecule has 2 aliphatic rings. The molecule has 4 atom stereocenters. The number of rotatable bonds is 2. The Balaban J connectivity index is 2.29. The van der Waals surface area contributed by atoms with Gasteiger partial charge in [-0.25, -0.2) is 4.79 Å². The summed E-state index contributed by atoms with van der Waals surface area (Å²) in [6.45, 7) is 3.61. The van der Waals surface area contributed by atoms with Gasteiger partial charge in [0.1, 0.15) is 12.2 Å². The summed E-state index contributed by atoms with van der Waals surface area (Å²) >= 11 is -1.78. The Hall–Kier alpha value is -0.980.